The van der Waals surface area contributed by atoms with Gasteiger partial charge in [-0.2, -0.15) is 0 Å². The second kappa shape index (κ2) is 12.0. The Morgan fingerprint density at radius 1 is 0.310 bits per heavy atom. The first kappa shape index (κ1) is 28.6. The standard InChI is InChI=1S/2C18H14O.3ClH.Ta/c2*19-18-16(14-8-3-1-4-9-14)12-7-13-17(18)15-10-5-2-6-11-15;;;;/h2*1-13,19H;3*1H;/q;;;;;+5/p-5. The number of hydrogen-bond acceptors (Lipinski definition) is 2. The molecule has 0 saturated heterocycles. The van der Waals surface area contributed by atoms with Crippen molar-refractivity contribution in [1.82, 2.24) is 0 Å². The van der Waals surface area contributed by atoms with Gasteiger partial charge in [0, 0.05) is 0 Å². The quantitative estimate of drug-likeness (QED) is 0.153. The predicted octanol–water partition coefficient (Wildman–Crippen LogP) is 11.8. The van der Waals surface area contributed by atoms with Gasteiger partial charge in [0.05, 0.1) is 0 Å². The summed E-state index contributed by atoms with van der Waals surface area (Å²) in [5, 5.41) is 0. The van der Waals surface area contributed by atoms with Gasteiger partial charge in [-0.25, -0.2) is 0 Å². The molecule has 0 atom stereocenters. The van der Waals surface area contributed by atoms with E-state index in [1.54, 1.807) is 0 Å². The van der Waals surface area contributed by atoms with Crippen LogP contribution in [0.15, 0.2) is 158 Å². The van der Waals surface area contributed by atoms with E-state index in [1.165, 1.54) is 0 Å². The van der Waals surface area contributed by atoms with Gasteiger partial charge in [0.2, 0.25) is 0 Å². The zero-order valence-electron chi connectivity index (χ0n) is 22.4. The van der Waals surface area contributed by atoms with Gasteiger partial charge >= 0.3 is 261 Å². The monoisotopic (exact) mass is 776 g/mol. The van der Waals surface area contributed by atoms with Crippen LogP contribution in [0.3, 0.4) is 0 Å². The molecule has 6 aromatic carbocycles. The Hall–Kier alpha value is -3.47. The molecule has 0 fully saturated rings. The van der Waals surface area contributed by atoms with Crippen LogP contribution < -0.4 is 6.49 Å². The number of para-hydroxylation sites is 2. The Labute approximate surface area is 259 Å². The summed E-state index contributed by atoms with van der Waals surface area (Å²) in [6.45, 7) is 0. The molecule has 0 aliphatic heterocycles. The molecule has 208 valence electrons. The zero-order valence-corrected chi connectivity index (χ0v) is 27.9. The van der Waals surface area contributed by atoms with Gasteiger partial charge in [-0.05, 0) is 0 Å². The van der Waals surface area contributed by atoms with Crippen LogP contribution in [0.25, 0.3) is 44.5 Å². The van der Waals surface area contributed by atoms with Crippen LogP contribution in [0.5, 0.6) is 11.5 Å². The predicted molar refractivity (Wildman–Crippen MR) is 173 cm³/mol. The van der Waals surface area contributed by atoms with Crippen molar-refractivity contribution in [3.63, 3.8) is 0 Å². The molecule has 0 heterocycles. The average molecular weight is 778 g/mol. The third-order valence-corrected chi connectivity index (χ3v) is 13.6. The summed E-state index contributed by atoms with van der Waals surface area (Å²) in [5.41, 5.74) is 7.00. The van der Waals surface area contributed by atoms with E-state index >= 15 is 0 Å². The fourth-order valence-electron chi connectivity index (χ4n) is 4.95. The Balaban J connectivity index is 1.51. The third-order valence-electron chi connectivity index (χ3n) is 6.83. The summed E-state index contributed by atoms with van der Waals surface area (Å²) in [7, 11) is 21.6. The van der Waals surface area contributed by atoms with E-state index in [1.807, 2.05) is 158 Å². The van der Waals surface area contributed by atoms with E-state index in [0.29, 0.717) is 11.5 Å². The molecule has 0 aliphatic carbocycles. The first-order valence-electron chi connectivity index (χ1n) is 13.4. The molecule has 42 heavy (non-hydrogen) atoms. The first-order chi connectivity index (χ1) is 20.4. The molecular weight excluding hydrogens is 752 g/mol. The zero-order chi connectivity index (χ0) is 29.0. The van der Waals surface area contributed by atoms with Crippen LogP contribution >= 0.6 is 27.6 Å². The maximum absolute atomic E-state index is 7.20. The van der Waals surface area contributed by atoms with E-state index in [9.17, 15) is 0 Å². The molecule has 6 aromatic rings. The molecule has 0 aromatic heterocycles. The van der Waals surface area contributed by atoms with Gasteiger partial charge in [0.1, 0.15) is 0 Å². The summed E-state index contributed by atoms with van der Waals surface area (Å²) in [5.74, 6) is 0.946. The van der Waals surface area contributed by atoms with Crippen molar-refractivity contribution < 1.29 is 19.9 Å². The molecule has 6 heteroatoms. The SMILES string of the molecule is [Cl][Ta]([Cl])([Cl])([O]c1c(-c2ccccc2)cccc1-c1ccccc1)[O]c1c(-c2ccccc2)cccc1-c1ccccc1. The van der Waals surface area contributed by atoms with Gasteiger partial charge in [0.25, 0.3) is 0 Å². The van der Waals surface area contributed by atoms with Crippen molar-refractivity contribution in [2.75, 3.05) is 0 Å². The number of halogens is 3. The van der Waals surface area contributed by atoms with Crippen molar-refractivity contribution in [2.45, 2.75) is 0 Å². The summed E-state index contributed by atoms with van der Waals surface area (Å²) < 4.78 is 13.3. The molecule has 6 rings (SSSR count). The second-order valence-corrected chi connectivity index (χ2v) is 35.2. The molecule has 0 saturated carbocycles. The Bertz CT molecular complexity index is 1560. The van der Waals surface area contributed by atoms with Crippen LogP contribution in [0.4, 0.5) is 0 Å². The minimum absolute atomic E-state index is 0.473. The van der Waals surface area contributed by atoms with E-state index < -0.39 is 13.4 Å². The van der Waals surface area contributed by atoms with Crippen LogP contribution in [-0.4, -0.2) is 0 Å². The van der Waals surface area contributed by atoms with Crippen LogP contribution in [0.2, 0.25) is 0 Å². The molecule has 0 bridgehead atoms. The van der Waals surface area contributed by atoms with Crippen molar-refractivity contribution in [2.24, 2.45) is 0 Å². The molecule has 0 spiro atoms. The first-order valence-corrected chi connectivity index (χ1v) is 28.0. The van der Waals surface area contributed by atoms with Gasteiger partial charge in [-0.3, -0.25) is 0 Å². The number of hydrogen-bond donors (Lipinski definition) is 0. The van der Waals surface area contributed by atoms with E-state index in [4.69, 9.17) is 34.1 Å². The minimum atomic E-state index is -6.11. The van der Waals surface area contributed by atoms with Crippen LogP contribution in [0, 0.1) is 0 Å². The third kappa shape index (κ3) is 6.45. The van der Waals surface area contributed by atoms with E-state index in [0.717, 1.165) is 44.5 Å². The van der Waals surface area contributed by atoms with Crippen LogP contribution in [-0.2, 0) is 13.4 Å². The van der Waals surface area contributed by atoms with Crippen molar-refractivity contribution in [3.05, 3.63) is 158 Å². The fraction of sp³-hybridized carbons (Fsp3) is 0. The van der Waals surface area contributed by atoms with Crippen molar-refractivity contribution >= 4 is 27.6 Å². The molecular formula is C36H26Cl3O2Ta. The summed E-state index contributed by atoms with van der Waals surface area (Å²) in [4.78, 5) is 0. The normalized spacial score (nSPS) is 12.2. The molecule has 0 N–H and O–H groups in total. The Morgan fingerprint density at radius 3 is 0.786 bits per heavy atom. The second-order valence-electron chi connectivity index (χ2n) is 9.69. The molecule has 0 unspecified atom stereocenters. The van der Waals surface area contributed by atoms with Gasteiger partial charge in [0.15, 0.2) is 0 Å². The van der Waals surface area contributed by atoms with Gasteiger partial charge < -0.3 is 0 Å². The number of benzene rings is 6. The van der Waals surface area contributed by atoms with Crippen molar-refractivity contribution in [3.8, 4) is 56.0 Å². The Morgan fingerprint density at radius 2 is 0.548 bits per heavy atom. The van der Waals surface area contributed by atoms with Gasteiger partial charge in [-0.15, -0.1) is 0 Å². The van der Waals surface area contributed by atoms with Gasteiger partial charge in [-0.1, -0.05) is 0 Å². The summed E-state index contributed by atoms with van der Waals surface area (Å²) in [6.07, 6.45) is 0. The van der Waals surface area contributed by atoms with E-state index in [-0.39, 0.29) is 0 Å². The molecule has 2 nitrogen and oxygen atoms in total. The summed E-state index contributed by atoms with van der Waals surface area (Å²) >= 11 is -6.11. The van der Waals surface area contributed by atoms with Crippen LogP contribution in [0.1, 0.15) is 0 Å². The van der Waals surface area contributed by atoms with E-state index in [2.05, 4.69) is 0 Å². The fourth-order valence-corrected chi connectivity index (χ4v) is 11.9. The maximum atomic E-state index is 7.20. The molecule has 0 amide bonds. The topological polar surface area (TPSA) is 18.5 Å². The molecule has 0 radical (unpaired) electrons. The summed E-state index contributed by atoms with van der Waals surface area (Å²) in [6, 6.07) is 51.6. The Kier molecular flexibility index (Phi) is 8.20. The average Bonchev–Trinajstić information content (AvgIpc) is 3.02. The number of rotatable bonds is 8. The van der Waals surface area contributed by atoms with Crippen molar-refractivity contribution in [1.29, 1.82) is 0 Å². The molecule has 0 aliphatic rings.